The van der Waals surface area contributed by atoms with Gasteiger partial charge in [-0.25, -0.2) is 0 Å². The van der Waals surface area contributed by atoms with Crippen molar-refractivity contribution in [2.45, 2.75) is 34.6 Å². The highest BCUT2D eigenvalue weighted by molar-refractivity contribution is 7.28. The summed E-state index contributed by atoms with van der Waals surface area (Å²) in [7, 11) is 0. The highest BCUT2D eigenvalue weighted by Crippen LogP contribution is 2.50. The second-order valence-corrected chi connectivity index (χ2v) is 41.0. The molecule has 5 nitrogen and oxygen atoms in total. The van der Waals surface area contributed by atoms with Crippen molar-refractivity contribution in [1.29, 1.82) is 0 Å². The first-order valence-corrected chi connectivity index (χ1v) is 50.1. The fourth-order valence-electron chi connectivity index (χ4n) is 21.3. The number of para-hydroxylation sites is 5. The van der Waals surface area contributed by atoms with Crippen molar-refractivity contribution in [2.75, 3.05) is 0 Å². The Bertz CT molecular complexity index is 9960. The normalized spacial score (nSPS) is 11.9. The van der Waals surface area contributed by atoms with Gasteiger partial charge in [-0.15, -0.1) is 56.7 Å². The van der Waals surface area contributed by atoms with Gasteiger partial charge in [0, 0.05) is 178 Å². The van der Waals surface area contributed by atoms with Gasteiger partial charge in [0.05, 0.1) is 59.9 Å². The molecule has 0 saturated heterocycles. The molecule has 0 aliphatic heterocycles. The number of thiophene rings is 5. The fourth-order valence-corrected chi connectivity index (χ4v) is 27.2. The summed E-state index contributed by atoms with van der Waals surface area (Å²) in [6.45, 7) is 10.8. The summed E-state index contributed by atoms with van der Waals surface area (Å²) >= 11 is 9.45. The number of benzene rings is 20. The van der Waals surface area contributed by atoms with Gasteiger partial charge in [-0.1, -0.05) is 267 Å². The van der Waals surface area contributed by atoms with Crippen LogP contribution in [0.3, 0.4) is 0 Å². The smallest absolute Gasteiger partial charge is 0.0719 e. The number of aryl methyl sites for hydroxylation is 5. The molecule has 135 heavy (non-hydrogen) atoms. The Morgan fingerprint density at radius 2 is 0.444 bits per heavy atom. The van der Waals surface area contributed by atoms with E-state index in [1.807, 2.05) is 56.7 Å². The summed E-state index contributed by atoms with van der Waals surface area (Å²) in [5.41, 5.74) is 25.3. The van der Waals surface area contributed by atoms with Crippen LogP contribution in [0.25, 0.3) is 238 Å². The average Bonchev–Trinajstić information content (AvgIpc) is 1.58. The maximum atomic E-state index is 2.44. The molecular weight excluding hydrogens is 1730 g/mol. The van der Waals surface area contributed by atoms with Crippen LogP contribution in [-0.4, -0.2) is 22.8 Å². The van der Waals surface area contributed by atoms with Crippen LogP contribution in [0.2, 0.25) is 0 Å². The van der Waals surface area contributed by atoms with E-state index in [0.29, 0.717) is 0 Å². The molecule has 0 saturated carbocycles. The molecular formula is C125H85N5S5. The van der Waals surface area contributed by atoms with E-state index in [1.54, 1.807) is 0 Å². The van der Waals surface area contributed by atoms with Crippen LogP contribution < -0.4 is 0 Å². The summed E-state index contributed by atoms with van der Waals surface area (Å²) < 4.78 is 25.7. The predicted octanol–water partition coefficient (Wildman–Crippen LogP) is 37.3. The Morgan fingerprint density at radius 3 is 0.926 bits per heavy atom. The molecule has 30 rings (SSSR count). The molecule has 20 aromatic carbocycles. The van der Waals surface area contributed by atoms with E-state index in [0.717, 1.165) is 0 Å². The summed E-state index contributed by atoms with van der Waals surface area (Å²) in [6, 6.07) is 155. The zero-order valence-electron chi connectivity index (χ0n) is 74.7. The highest BCUT2D eigenvalue weighted by atomic mass is 32.1. The first-order valence-electron chi connectivity index (χ1n) is 46.1. The topological polar surface area (TPSA) is 24.6 Å². The highest BCUT2D eigenvalue weighted by Gasteiger charge is 2.24. The van der Waals surface area contributed by atoms with E-state index in [1.165, 1.54) is 266 Å². The maximum absolute atomic E-state index is 2.44. The molecule has 10 heterocycles. The molecule has 0 atom stereocenters. The minimum absolute atomic E-state index is 1.22. The predicted molar refractivity (Wildman–Crippen MR) is 592 cm³/mol. The van der Waals surface area contributed by atoms with Crippen molar-refractivity contribution in [3.63, 3.8) is 0 Å². The van der Waals surface area contributed by atoms with E-state index in [9.17, 15) is 0 Å². The van der Waals surface area contributed by atoms with Crippen LogP contribution >= 0.6 is 56.7 Å². The van der Waals surface area contributed by atoms with Crippen LogP contribution in [0, 0.1) is 34.6 Å². The van der Waals surface area contributed by atoms with Gasteiger partial charge in [0.15, 0.2) is 0 Å². The van der Waals surface area contributed by atoms with Gasteiger partial charge >= 0.3 is 0 Å². The molecule has 0 N–H and O–H groups in total. The number of aromatic nitrogens is 5. The number of rotatable bonds is 5. The van der Waals surface area contributed by atoms with Crippen molar-refractivity contribution in [2.24, 2.45) is 0 Å². The van der Waals surface area contributed by atoms with Crippen LogP contribution in [0.15, 0.2) is 425 Å². The molecule has 0 radical (unpaired) electrons. The standard InChI is InChI=1S/5C25H17NS/c1-16-7-6-8-17(15-16)26-21-11-4-2-10-20(21)24-22(26)14-13-19-18-9-3-5-12-23(18)27-25(19)24;1-16-7-6-8-17(13-16)26-22-11-4-2-9-18(22)20-15-25-21(14-23(20)26)19-10-3-5-12-24(19)27-25;1-16-7-6-8-17(13-16)26-22-11-4-2-9-18(22)20-14-21-19-10-3-5-12-24(19)27-25(21)15-23(20)26;1-16-7-6-8-17(15-16)26-21-11-4-2-9-18(21)19-13-14-23-24(25(19)26)20-10-3-5-12-22(20)27-23;1-16-7-6-8-17(15-16)26-22-11-4-2-9-18(22)20-13-14-21-19-10-3-5-12-23(19)27-25(21)24(20)26/h5*2-15H,1H3. The van der Waals surface area contributed by atoms with Crippen LogP contribution in [0.4, 0.5) is 0 Å². The Morgan fingerprint density at radius 1 is 0.141 bits per heavy atom. The van der Waals surface area contributed by atoms with Crippen molar-refractivity contribution in [3.8, 4) is 28.4 Å². The second-order valence-electron chi connectivity index (χ2n) is 35.7. The maximum Gasteiger partial charge on any atom is 0.0719 e. The summed E-state index contributed by atoms with van der Waals surface area (Å²) in [5, 5.41) is 26.8. The lowest BCUT2D eigenvalue weighted by molar-refractivity contribution is 1.17. The van der Waals surface area contributed by atoms with Crippen LogP contribution in [-0.2, 0) is 0 Å². The van der Waals surface area contributed by atoms with E-state index in [2.05, 4.69) is 482 Å². The number of nitrogens with zero attached hydrogens (tertiary/aromatic N) is 5. The number of hydrogen-bond acceptors (Lipinski definition) is 5. The van der Waals surface area contributed by atoms with Gasteiger partial charge in [-0.2, -0.15) is 0 Å². The Balaban J connectivity index is 0.0000000878. The third-order valence-electron chi connectivity index (χ3n) is 27.2. The van der Waals surface area contributed by atoms with Gasteiger partial charge in [0.2, 0.25) is 0 Å². The summed E-state index contributed by atoms with van der Waals surface area (Å²) in [4.78, 5) is 0. The molecule has 0 fully saturated rings. The van der Waals surface area contributed by atoms with E-state index in [-0.39, 0.29) is 0 Å². The molecule has 0 amide bonds. The van der Waals surface area contributed by atoms with Crippen LogP contribution in [0.1, 0.15) is 27.8 Å². The molecule has 0 aliphatic rings. The number of fused-ring (bicyclic) bond motifs is 33. The SMILES string of the molecule is Cc1cccc(-n2c3ccccc3c3c4sc5ccccc5c4ccc32)c1.Cc1cccc(-n2c3ccccc3c3cc4c(cc32)sc2ccccc24)c1.Cc1cccc(-n2c3ccccc3c3cc4sc5ccccc5c4cc32)c1.Cc1cccc(-n2c3ccccc3c3ccc4c5ccccc5sc4c32)c1.Cc1cccc(-n2c3ccccc3c3ccc4sc5ccccc5c4c32)c1. The Kier molecular flexibility index (Phi) is 19.3. The molecule has 0 spiro atoms. The largest absolute Gasteiger partial charge is 0.309 e. The number of hydrogen-bond donors (Lipinski definition) is 0. The second kappa shape index (κ2) is 32.5. The zero-order chi connectivity index (χ0) is 89.8. The third kappa shape index (κ3) is 13.3. The van der Waals surface area contributed by atoms with Gasteiger partial charge in [0.1, 0.15) is 0 Å². The van der Waals surface area contributed by atoms with Crippen molar-refractivity contribution in [3.05, 3.63) is 452 Å². The minimum atomic E-state index is 1.22. The lowest BCUT2D eigenvalue weighted by atomic mass is 10.1. The molecule has 640 valence electrons. The molecule has 10 heteroatoms. The molecule has 10 aromatic heterocycles. The first kappa shape index (κ1) is 80.4. The van der Waals surface area contributed by atoms with Gasteiger partial charge < -0.3 is 22.8 Å². The zero-order valence-corrected chi connectivity index (χ0v) is 78.8. The van der Waals surface area contributed by atoms with E-state index >= 15 is 0 Å². The molecule has 0 unspecified atom stereocenters. The minimum Gasteiger partial charge on any atom is -0.309 e. The summed E-state index contributed by atoms with van der Waals surface area (Å²) in [5.74, 6) is 0. The van der Waals surface area contributed by atoms with Gasteiger partial charge in [0.25, 0.3) is 0 Å². The van der Waals surface area contributed by atoms with Gasteiger partial charge in [-0.3, -0.25) is 0 Å². The molecule has 0 aliphatic carbocycles. The van der Waals surface area contributed by atoms with Crippen LogP contribution in [0.5, 0.6) is 0 Å². The Hall–Kier alpha value is -15.5. The monoisotopic (exact) mass is 1820 g/mol. The van der Waals surface area contributed by atoms with Crippen molar-refractivity contribution >= 4 is 267 Å². The first-order chi connectivity index (χ1) is 66.5. The van der Waals surface area contributed by atoms with E-state index in [4.69, 9.17) is 0 Å². The Labute approximate surface area is 798 Å². The van der Waals surface area contributed by atoms with Crippen molar-refractivity contribution < 1.29 is 0 Å². The molecule has 0 bridgehead atoms. The molecule has 30 aromatic rings. The van der Waals surface area contributed by atoms with Crippen molar-refractivity contribution in [1.82, 2.24) is 22.8 Å². The fraction of sp³-hybridized carbons (Fsp3) is 0.0400. The lowest BCUT2D eigenvalue weighted by Gasteiger charge is -2.09. The van der Waals surface area contributed by atoms with E-state index < -0.39 is 0 Å². The third-order valence-corrected chi connectivity index (χ3v) is 33.0. The quantitative estimate of drug-likeness (QED) is 0.164. The van der Waals surface area contributed by atoms with Gasteiger partial charge in [-0.05, 0) is 220 Å². The average molecular weight is 1820 g/mol. The lowest BCUT2D eigenvalue weighted by Crippen LogP contribution is -1.94. The summed E-state index contributed by atoms with van der Waals surface area (Å²) in [6.07, 6.45) is 0.